The molecular weight excluding hydrogens is 312 g/mol. The monoisotopic (exact) mass is 321 g/mol. The molecule has 0 unspecified atom stereocenters. The molecule has 1 atom stereocenters. The Morgan fingerprint density at radius 3 is 2.86 bits per heavy atom. The van der Waals surface area contributed by atoms with E-state index in [4.69, 9.17) is 11.6 Å². The quantitative estimate of drug-likeness (QED) is 0.792. The van der Waals surface area contributed by atoms with Gasteiger partial charge in [-0.25, -0.2) is 0 Å². The molecule has 2 rings (SSSR count). The van der Waals surface area contributed by atoms with E-state index >= 15 is 0 Å². The Morgan fingerprint density at radius 1 is 1.50 bits per heavy atom. The molecule has 0 saturated carbocycles. The molecule has 0 radical (unpaired) electrons. The first-order chi connectivity index (χ1) is 6.66. The van der Waals surface area contributed by atoms with Crippen molar-refractivity contribution in [3.05, 3.63) is 32.4 Å². The zero-order valence-electron chi connectivity index (χ0n) is 7.39. The summed E-state index contributed by atoms with van der Waals surface area (Å²) in [6, 6.07) is 6.07. The Balaban J connectivity index is 2.24. The third-order valence-electron chi connectivity index (χ3n) is 2.34. The van der Waals surface area contributed by atoms with Crippen LogP contribution >= 0.6 is 34.2 Å². The summed E-state index contributed by atoms with van der Waals surface area (Å²) in [6.07, 6.45) is 1.49. The van der Waals surface area contributed by atoms with Crippen molar-refractivity contribution in [1.29, 1.82) is 0 Å². The minimum Gasteiger partial charge on any atom is -0.349 e. The van der Waals surface area contributed by atoms with Crippen molar-refractivity contribution < 1.29 is 4.79 Å². The summed E-state index contributed by atoms with van der Waals surface area (Å²) in [5.74, 6) is 0.129. The van der Waals surface area contributed by atoms with Crippen LogP contribution in [-0.4, -0.2) is 5.91 Å². The number of nitrogens with one attached hydrogen (secondary N) is 1. The average Bonchev–Trinajstić information content (AvgIpc) is 2.57. The molecule has 1 fully saturated rings. The fourth-order valence-electron chi connectivity index (χ4n) is 1.59. The standard InChI is InChI=1S/C10H9ClINO/c11-7-5-6(1-2-8(7)12)9-3-4-10(14)13-9/h1-2,5,9H,3-4H2,(H,13,14)/t9-/m0/s1. The molecule has 1 saturated heterocycles. The summed E-state index contributed by atoms with van der Waals surface area (Å²) < 4.78 is 1.04. The molecule has 1 aromatic carbocycles. The van der Waals surface area contributed by atoms with Gasteiger partial charge in [-0.05, 0) is 46.7 Å². The van der Waals surface area contributed by atoms with Crippen molar-refractivity contribution in [2.24, 2.45) is 0 Å². The second-order valence-electron chi connectivity index (χ2n) is 3.33. The summed E-state index contributed by atoms with van der Waals surface area (Å²) in [6.45, 7) is 0. The van der Waals surface area contributed by atoms with Gasteiger partial charge in [0.05, 0.1) is 11.1 Å². The van der Waals surface area contributed by atoms with Crippen LogP contribution in [0, 0.1) is 3.57 Å². The van der Waals surface area contributed by atoms with Gasteiger partial charge in [-0.3, -0.25) is 4.79 Å². The maximum absolute atomic E-state index is 11.0. The molecule has 14 heavy (non-hydrogen) atoms. The summed E-state index contributed by atoms with van der Waals surface area (Å²) in [4.78, 5) is 11.0. The van der Waals surface area contributed by atoms with E-state index in [0.29, 0.717) is 6.42 Å². The minimum atomic E-state index is 0.129. The normalized spacial score (nSPS) is 21.0. The smallest absolute Gasteiger partial charge is 0.220 e. The Kier molecular flexibility index (Phi) is 2.97. The van der Waals surface area contributed by atoms with Crippen LogP contribution in [0.15, 0.2) is 18.2 Å². The second-order valence-corrected chi connectivity index (χ2v) is 4.90. The zero-order valence-corrected chi connectivity index (χ0v) is 10.3. The fourth-order valence-corrected chi connectivity index (χ4v) is 2.12. The number of halogens is 2. The molecule has 1 aliphatic rings. The van der Waals surface area contributed by atoms with Crippen LogP contribution < -0.4 is 5.32 Å². The van der Waals surface area contributed by atoms with Crippen LogP contribution in [0.2, 0.25) is 5.02 Å². The van der Waals surface area contributed by atoms with Gasteiger partial charge in [-0.2, -0.15) is 0 Å². The van der Waals surface area contributed by atoms with Crippen molar-refractivity contribution in [1.82, 2.24) is 5.32 Å². The molecule has 1 amide bonds. The van der Waals surface area contributed by atoms with Crippen molar-refractivity contribution in [2.75, 3.05) is 0 Å². The molecular formula is C10H9ClINO. The lowest BCUT2D eigenvalue weighted by Gasteiger charge is -2.10. The maximum Gasteiger partial charge on any atom is 0.220 e. The number of hydrogen-bond acceptors (Lipinski definition) is 1. The molecule has 0 spiro atoms. The molecule has 1 aromatic rings. The van der Waals surface area contributed by atoms with Gasteiger partial charge < -0.3 is 5.32 Å². The van der Waals surface area contributed by atoms with Gasteiger partial charge in [-0.1, -0.05) is 17.7 Å². The fraction of sp³-hybridized carbons (Fsp3) is 0.300. The van der Waals surface area contributed by atoms with Crippen molar-refractivity contribution in [2.45, 2.75) is 18.9 Å². The summed E-state index contributed by atoms with van der Waals surface area (Å²) in [5, 5.41) is 3.67. The number of amides is 1. The molecule has 0 aliphatic carbocycles. The average molecular weight is 322 g/mol. The molecule has 1 N–H and O–H groups in total. The van der Waals surface area contributed by atoms with E-state index in [9.17, 15) is 4.79 Å². The Labute approximate surface area is 101 Å². The van der Waals surface area contributed by atoms with Gasteiger partial charge in [0, 0.05) is 9.99 Å². The van der Waals surface area contributed by atoms with E-state index in [1.165, 1.54) is 0 Å². The van der Waals surface area contributed by atoms with E-state index in [1.807, 2.05) is 18.2 Å². The molecule has 1 heterocycles. The van der Waals surface area contributed by atoms with Crippen LogP contribution in [0.25, 0.3) is 0 Å². The van der Waals surface area contributed by atoms with Crippen LogP contribution in [0.1, 0.15) is 24.4 Å². The number of hydrogen-bond donors (Lipinski definition) is 1. The van der Waals surface area contributed by atoms with Gasteiger partial charge in [0.1, 0.15) is 0 Å². The lowest BCUT2D eigenvalue weighted by Crippen LogP contribution is -2.18. The lowest BCUT2D eigenvalue weighted by molar-refractivity contribution is -0.119. The third-order valence-corrected chi connectivity index (χ3v) is 3.91. The van der Waals surface area contributed by atoms with Gasteiger partial charge in [0.25, 0.3) is 0 Å². The van der Waals surface area contributed by atoms with Crippen LogP contribution in [0.3, 0.4) is 0 Å². The van der Waals surface area contributed by atoms with Gasteiger partial charge in [0.15, 0.2) is 0 Å². The molecule has 0 aromatic heterocycles. The molecule has 0 bridgehead atoms. The highest BCUT2D eigenvalue weighted by Gasteiger charge is 2.22. The first-order valence-electron chi connectivity index (χ1n) is 4.41. The predicted molar refractivity (Wildman–Crippen MR) is 64.3 cm³/mol. The van der Waals surface area contributed by atoms with Gasteiger partial charge in [-0.15, -0.1) is 0 Å². The maximum atomic E-state index is 11.0. The zero-order chi connectivity index (χ0) is 10.1. The number of carbonyl (C=O) groups excluding carboxylic acids is 1. The highest BCUT2D eigenvalue weighted by atomic mass is 127. The summed E-state index contributed by atoms with van der Waals surface area (Å²) >= 11 is 8.20. The van der Waals surface area contributed by atoms with Crippen LogP contribution in [-0.2, 0) is 4.79 Å². The second kappa shape index (κ2) is 4.06. The Bertz CT molecular complexity index is 380. The number of carbonyl (C=O) groups is 1. The largest absolute Gasteiger partial charge is 0.349 e. The van der Waals surface area contributed by atoms with Crippen molar-refractivity contribution >= 4 is 40.1 Å². The van der Waals surface area contributed by atoms with E-state index in [1.54, 1.807) is 0 Å². The molecule has 2 nitrogen and oxygen atoms in total. The van der Waals surface area contributed by atoms with E-state index in [2.05, 4.69) is 27.9 Å². The van der Waals surface area contributed by atoms with Crippen molar-refractivity contribution in [3.63, 3.8) is 0 Å². The van der Waals surface area contributed by atoms with Crippen LogP contribution in [0.5, 0.6) is 0 Å². The van der Waals surface area contributed by atoms with E-state index < -0.39 is 0 Å². The summed E-state index contributed by atoms with van der Waals surface area (Å²) in [5.41, 5.74) is 1.10. The number of rotatable bonds is 1. The lowest BCUT2D eigenvalue weighted by atomic mass is 10.1. The third kappa shape index (κ3) is 2.03. The Morgan fingerprint density at radius 2 is 2.29 bits per heavy atom. The Hall–Kier alpha value is -0.290. The van der Waals surface area contributed by atoms with Gasteiger partial charge >= 0.3 is 0 Å². The molecule has 4 heteroatoms. The topological polar surface area (TPSA) is 29.1 Å². The first-order valence-corrected chi connectivity index (χ1v) is 5.87. The van der Waals surface area contributed by atoms with Crippen molar-refractivity contribution in [3.8, 4) is 0 Å². The van der Waals surface area contributed by atoms with E-state index in [-0.39, 0.29) is 11.9 Å². The minimum absolute atomic E-state index is 0.129. The van der Waals surface area contributed by atoms with E-state index in [0.717, 1.165) is 20.6 Å². The SMILES string of the molecule is O=C1CC[C@@H](c2ccc(I)c(Cl)c2)N1. The van der Waals surface area contributed by atoms with Crippen LogP contribution in [0.4, 0.5) is 0 Å². The predicted octanol–water partition coefficient (Wildman–Crippen LogP) is 2.90. The highest BCUT2D eigenvalue weighted by Crippen LogP contribution is 2.28. The highest BCUT2D eigenvalue weighted by molar-refractivity contribution is 14.1. The number of benzene rings is 1. The van der Waals surface area contributed by atoms with Gasteiger partial charge in [0.2, 0.25) is 5.91 Å². The first kappa shape index (κ1) is 10.2. The molecule has 74 valence electrons. The molecule has 1 aliphatic heterocycles. The summed E-state index contributed by atoms with van der Waals surface area (Å²) in [7, 11) is 0.